The van der Waals surface area contributed by atoms with E-state index < -0.39 is 0 Å². The number of hydrogen-bond donors (Lipinski definition) is 0. The molecule has 1 nitrogen and oxygen atoms in total. The molecule has 0 aromatic heterocycles. The maximum atomic E-state index is 9.64. The second-order valence-corrected chi connectivity index (χ2v) is 3.89. The summed E-state index contributed by atoms with van der Waals surface area (Å²) in [6.07, 6.45) is 1.11. The summed E-state index contributed by atoms with van der Waals surface area (Å²) in [5, 5.41) is 0.571. The summed E-state index contributed by atoms with van der Waals surface area (Å²) in [6, 6.07) is 0. The third kappa shape index (κ3) is 4.53. The summed E-state index contributed by atoms with van der Waals surface area (Å²) in [4.78, 5) is 9.64. The molecule has 0 rings (SSSR count). The molecule has 0 bridgehead atoms. The van der Waals surface area contributed by atoms with Gasteiger partial charge in [0.15, 0.2) is 0 Å². The van der Waals surface area contributed by atoms with E-state index in [1.165, 1.54) is 0 Å². The SMILES string of the molecule is CCC(C)SS[C]=O. The summed E-state index contributed by atoms with van der Waals surface area (Å²) in [6.45, 7) is 4.19. The topological polar surface area (TPSA) is 17.1 Å². The molecule has 47 valence electrons. The van der Waals surface area contributed by atoms with Crippen molar-refractivity contribution < 1.29 is 4.79 Å². The Morgan fingerprint density at radius 1 is 1.75 bits per heavy atom. The minimum Gasteiger partial charge on any atom is -0.276 e. The molecule has 0 aliphatic rings. The summed E-state index contributed by atoms with van der Waals surface area (Å²) in [7, 11) is 2.72. The molecule has 1 atom stereocenters. The van der Waals surface area contributed by atoms with E-state index in [1.54, 1.807) is 16.4 Å². The minimum absolute atomic E-state index is 0.571. The second-order valence-electron chi connectivity index (χ2n) is 1.48. The van der Waals surface area contributed by atoms with Gasteiger partial charge in [-0.3, -0.25) is 4.79 Å². The molecule has 0 aliphatic heterocycles. The van der Waals surface area contributed by atoms with Crippen LogP contribution in [0.2, 0.25) is 0 Å². The monoisotopic (exact) mass is 149 g/mol. The quantitative estimate of drug-likeness (QED) is 0.571. The molecule has 0 fully saturated rings. The van der Waals surface area contributed by atoms with Crippen LogP contribution in [0.1, 0.15) is 20.3 Å². The van der Waals surface area contributed by atoms with E-state index in [4.69, 9.17) is 0 Å². The lowest BCUT2D eigenvalue weighted by molar-refractivity contribution is 0.570. The second kappa shape index (κ2) is 5.51. The van der Waals surface area contributed by atoms with Crippen molar-refractivity contribution in [3.05, 3.63) is 0 Å². The van der Waals surface area contributed by atoms with Crippen LogP contribution in [0, 0.1) is 0 Å². The highest BCUT2D eigenvalue weighted by atomic mass is 33.1. The maximum absolute atomic E-state index is 9.64. The fourth-order valence-electron chi connectivity index (χ4n) is 0.170. The minimum atomic E-state index is 0.571. The summed E-state index contributed by atoms with van der Waals surface area (Å²) in [5.74, 6) is 0. The van der Waals surface area contributed by atoms with Crippen LogP contribution < -0.4 is 0 Å². The van der Waals surface area contributed by atoms with E-state index in [-0.39, 0.29) is 0 Å². The van der Waals surface area contributed by atoms with E-state index in [2.05, 4.69) is 13.8 Å². The van der Waals surface area contributed by atoms with Crippen molar-refractivity contribution in [1.29, 1.82) is 0 Å². The number of carbonyl (C=O) groups excluding carboxylic acids is 1. The van der Waals surface area contributed by atoms with E-state index in [0.717, 1.165) is 17.2 Å². The average molecular weight is 149 g/mol. The maximum Gasteiger partial charge on any atom is 0.277 e. The Labute approximate surface area is 58.0 Å². The van der Waals surface area contributed by atoms with Gasteiger partial charge in [0, 0.05) is 5.25 Å². The Hall–Kier alpha value is 0.370. The van der Waals surface area contributed by atoms with Crippen molar-refractivity contribution in [1.82, 2.24) is 0 Å². The molecule has 8 heavy (non-hydrogen) atoms. The normalized spacial score (nSPS) is 13.2. The van der Waals surface area contributed by atoms with Crippen molar-refractivity contribution in [2.24, 2.45) is 0 Å². The lowest BCUT2D eigenvalue weighted by Gasteiger charge is -2.00. The van der Waals surface area contributed by atoms with Crippen molar-refractivity contribution in [3.63, 3.8) is 0 Å². The van der Waals surface area contributed by atoms with Crippen LogP contribution in [0.25, 0.3) is 0 Å². The predicted octanol–water partition coefficient (Wildman–Crippen LogP) is 2.23. The van der Waals surface area contributed by atoms with E-state index in [9.17, 15) is 4.79 Å². The zero-order valence-electron chi connectivity index (χ0n) is 5.01. The van der Waals surface area contributed by atoms with E-state index in [1.807, 2.05) is 0 Å². The highest BCUT2D eigenvalue weighted by Gasteiger charge is 1.96. The van der Waals surface area contributed by atoms with Gasteiger partial charge in [0.1, 0.15) is 0 Å². The van der Waals surface area contributed by atoms with Gasteiger partial charge >= 0.3 is 0 Å². The first-order chi connectivity index (χ1) is 3.81. The molecule has 0 aromatic carbocycles. The molecule has 0 heterocycles. The lowest BCUT2D eigenvalue weighted by atomic mass is 10.4. The van der Waals surface area contributed by atoms with Crippen LogP contribution in [0.3, 0.4) is 0 Å². The molecule has 0 aromatic rings. The summed E-state index contributed by atoms with van der Waals surface area (Å²) >= 11 is 0. The summed E-state index contributed by atoms with van der Waals surface area (Å²) < 4.78 is 0. The van der Waals surface area contributed by atoms with Crippen LogP contribution >= 0.6 is 21.6 Å². The van der Waals surface area contributed by atoms with E-state index in [0.29, 0.717) is 5.25 Å². The van der Waals surface area contributed by atoms with Gasteiger partial charge in [0.25, 0.3) is 5.62 Å². The van der Waals surface area contributed by atoms with Crippen molar-refractivity contribution in [3.8, 4) is 0 Å². The fourth-order valence-corrected chi connectivity index (χ4v) is 1.53. The van der Waals surface area contributed by atoms with Crippen molar-refractivity contribution in [2.45, 2.75) is 25.5 Å². The van der Waals surface area contributed by atoms with Gasteiger partial charge in [-0.15, -0.1) is 0 Å². The largest absolute Gasteiger partial charge is 0.277 e. The van der Waals surface area contributed by atoms with Gasteiger partial charge in [0.2, 0.25) is 0 Å². The molecule has 0 N–H and O–H groups in total. The molecule has 1 unspecified atom stereocenters. The molecule has 3 heteroatoms. The number of hydrogen-bond acceptors (Lipinski definition) is 3. The standard InChI is InChI=1S/C5H9OS2/c1-3-5(2)8-7-4-6/h5H,3H2,1-2H3. The third-order valence-corrected chi connectivity index (χ3v) is 3.13. The first kappa shape index (κ1) is 8.37. The van der Waals surface area contributed by atoms with Gasteiger partial charge in [-0.1, -0.05) is 24.6 Å². The lowest BCUT2D eigenvalue weighted by Crippen LogP contribution is -1.87. The van der Waals surface area contributed by atoms with Gasteiger partial charge in [-0.05, 0) is 17.2 Å². The molecular formula is C5H9OS2. The fraction of sp³-hybridized carbons (Fsp3) is 0.800. The highest BCUT2D eigenvalue weighted by molar-refractivity contribution is 8.81. The van der Waals surface area contributed by atoms with Crippen LogP contribution in [-0.4, -0.2) is 10.9 Å². The molecule has 0 saturated heterocycles. The highest BCUT2D eigenvalue weighted by Crippen LogP contribution is 2.25. The van der Waals surface area contributed by atoms with Gasteiger partial charge < -0.3 is 0 Å². The first-order valence-electron chi connectivity index (χ1n) is 2.50. The summed E-state index contributed by atoms with van der Waals surface area (Å²) in [5.41, 5.74) is 1.76. The molecular weight excluding hydrogens is 140 g/mol. The average Bonchev–Trinajstić information content (AvgIpc) is 1.83. The molecule has 0 aliphatic carbocycles. The van der Waals surface area contributed by atoms with E-state index >= 15 is 0 Å². The van der Waals surface area contributed by atoms with Crippen molar-refractivity contribution >= 4 is 27.2 Å². The van der Waals surface area contributed by atoms with Crippen LogP contribution in [0.4, 0.5) is 0 Å². The van der Waals surface area contributed by atoms with Gasteiger partial charge in [-0.2, -0.15) is 0 Å². The van der Waals surface area contributed by atoms with Gasteiger partial charge in [0.05, 0.1) is 0 Å². The Kier molecular flexibility index (Phi) is 5.76. The van der Waals surface area contributed by atoms with Crippen LogP contribution in [0.15, 0.2) is 0 Å². The van der Waals surface area contributed by atoms with Gasteiger partial charge in [-0.25, -0.2) is 0 Å². The Morgan fingerprint density at radius 2 is 2.38 bits per heavy atom. The molecule has 0 saturated carbocycles. The molecule has 0 spiro atoms. The zero-order chi connectivity index (χ0) is 6.41. The third-order valence-electron chi connectivity index (χ3n) is 0.821. The smallest absolute Gasteiger partial charge is 0.276 e. The first-order valence-corrected chi connectivity index (χ1v) is 4.72. The van der Waals surface area contributed by atoms with Crippen molar-refractivity contribution in [2.75, 3.05) is 0 Å². The molecule has 1 radical (unpaired) electrons. The number of rotatable bonds is 4. The Balaban J connectivity index is 2.97. The van der Waals surface area contributed by atoms with Crippen LogP contribution in [0.5, 0.6) is 0 Å². The Morgan fingerprint density at radius 3 is 2.75 bits per heavy atom. The molecule has 0 amide bonds. The van der Waals surface area contributed by atoms with Crippen LogP contribution in [-0.2, 0) is 4.79 Å². The zero-order valence-corrected chi connectivity index (χ0v) is 6.64. The Bertz CT molecular complexity index is 65.4. The predicted molar refractivity (Wildman–Crippen MR) is 40.6 cm³/mol.